The lowest BCUT2D eigenvalue weighted by molar-refractivity contribution is -0.160. The fourth-order valence-electron chi connectivity index (χ4n) is 4.41. The number of piperazine rings is 1. The summed E-state index contributed by atoms with van der Waals surface area (Å²) in [4.78, 5) is 26.1. The lowest BCUT2D eigenvalue weighted by Gasteiger charge is -2.46. The molecule has 3 aromatic heterocycles. The molecule has 8 heteroatoms. The highest BCUT2D eigenvalue weighted by Crippen LogP contribution is 2.24. The Morgan fingerprint density at radius 3 is 3.00 bits per heavy atom. The van der Waals surface area contributed by atoms with Gasteiger partial charge in [-0.25, -0.2) is 14.5 Å². The molecule has 30 heavy (non-hydrogen) atoms. The fraction of sp³-hybridized carbons (Fsp3) is 0.455. The van der Waals surface area contributed by atoms with Gasteiger partial charge in [-0.05, 0) is 49.4 Å². The van der Waals surface area contributed by atoms with E-state index in [0.29, 0.717) is 6.61 Å². The average molecular weight is 406 g/mol. The van der Waals surface area contributed by atoms with Crippen molar-refractivity contribution in [1.82, 2.24) is 24.5 Å². The number of morpholine rings is 1. The van der Waals surface area contributed by atoms with Gasteiger partial charge in [-0.3, -0.25) is 4.79 Å². The summed E-state index contributed by atoms with van der Waals surface area (Å²) >= 11 is 0. The van der Waals surface area contributed by atoms with Crippen molar-refractivity contribution < 1.29 is 9.53 Å². The topological polar surface area (TPSA) is 75.9 Å². The lowest BCUT2D eigenvalue weighted by atomic mass is 10.0. The van der Waals surface area contributed by atoms with Gasteiger partial charge in [-0.15, -0.1) is 0 Å². The van der Waals surface area contributed by atoms with E-state index in [9.17, 15) is 4.79 Å². The van der Waals surface area contributed by atoms with E-state index < -0.39 is 0 Å². The monoisotopic (exact) mass is 406 g/mol. The summed E-state index contributed by atoms with van der Waals surface area (Å²) in [7, 11) is 0. The molecule has 2 aliphatic heterocycles. The van der Waals surface area contributed by atoms with Crippen LogP contribution in [0.4, 0.5) is 5.82 Å². The number of hydrogen-bond donors (Lipinski definition) is 0. The summed E-state index contributed by atoms with van der Waals surface area (Å²) in [5, 5.41) is 4.18. The SMILES string of the molecule is Cc1ccc(N2CCN3C(=O)C(CCCc4cccn5ncnc45)OCC3C2)nc1. The Labute approximate surface area is 175 Å². The van der Waals surface area contributed by atoms with Crippen LogP contribution >= 0.6 is 0 Å². The lowest BCUT2D eigenvalue weighted by Crippen LogP contribution is -2.62. The second kappa shape index (κ2) is 8.02. The zero-order valence-corrected chi connectivity index (χ0v) is 17.1. The van der Waals surface area contributed by atoms with E-state index in [0.717, 1.165) is 61.5 Å². The summed E-state index contributed by atoms with van der Waals surface area (Å²) in [6, 6.07) is 8.27. The van der Waals surface area contributed by atoms with E-state index in [1.807, 2.05) is 30.3 Å². The van der Waals surface area contributed by atoms with Crippen LogP contribution in [-0.2, 0) is 16.0 Å². The molecule has 2 unspecified atom stereocenters. The number of ether oxygens (including phenoxy) is 1. The number of hydrogen-bond acceptors (Lipinski definition) is 6. The Kier molecular flexibility index (Phi) is 5.08. The Bertz CT molecular complexity index is 1030. The quantitative estimate of drug-likeness (QED) is 0.644. The first-order valence-electron chi connectivity index (χ1n) is 10.6. The molecule has 0 aromatic carbocycles. The molecule has 5 rings (SSSR count). The number of carbonyl (C=O) groups is 1. The second-order valence-corrected chi connectivity index (χ2v) is 8.10. The standard InChI is InChI=1S/C22H26N6O2/c1-16-7-8-20(23-12-16)26-10-11-27-18(13-26)14-30-19(22(27)29)6-2-4-17-5-3-9-28-21(17)24-15-25-28/h3,5,7-9,12,15,18-19H,2,4,6,10-11,13-14H2,1H3. The molecule has 0 saturated carbocycles. The van der Waals surface area contributed by atoms with Gasteiger partial charge in [-0.2, -0.15) is 5.10 Å². The van der Waals surface area contributed by atoms with Gasteiger partial charge >= 0.3 is 0 Å². The van der Waals surface area contributed by atoms with Crippen molar-refractivity contribution in [2.45, 2.75) is 38.3 Å². The van der Waals surface area contributed by atoms with Gasteiger partial charge in [0.25, 0.3) is 5.91 Å². The van der Waals surface area contributed by atoms with Crippen LogP contribution in [-0.4, -0.2) is 68.8 Å². The molecule has 0 aliphatic carbocycles. The smallest absolute Gasteiger partial charge is 0.252 e. The van der Waals surface area contributed by atoms with Gasteiger partial charge < -0.3 is 14.5 Å². The van der Waals surface area contributed by atoms with Crippen molar-refractivity contribution in [3.63, 3.8) is 0 Å². The first kappa shape index (κ1) is 19.0. The molecular formula is C22H26N6O2. The zero-order chi connectivity index (χ0) is 20.5. The van der Waals surface area contributed by atoms with Gasteiger partial charge in [0.1, 0.15) is 18.2 Å². The Balaban J connectivity index is 1.17. The zero-order valence-electron chi connectivity index (χ0n) is 17.1. The molecule has 1 amide bonds. The van der Waals surface area contributed by atoms with Crippen LogP contribution in [0.25, 0.3) is 5.65 Å². The van der Waals surface area contributed by atoms with Crippen molar-refractivity contribution in [2.24, 2.45) is 0 Å². The summed E-state index contributed by atoms with van der Waals surface area (Å²) in [6.45, 7) is 4.91. The minimum Gasteiger partial charge on any atom is -0.366 e. The molecule has 2 atom stereocenters. The number of anilines is 1. The van der Waals surface area contributed by atoms with Gasteiger partial charge in [-0.1, -0.05) is 12.1 Å². The molecule has 0 radical (unpaired) electrons. The molecule has 0 N–H and O–H groups in total. The minimum absolute atomic E-state index is 0.0929. The molecule has 156 valence electrons. The van der Waals surface area contributed by atoms with Crippen LogP contribution in [0.3, 0.4) is 0 Å². The summed E-state index contributed by atoms with van der Waals surface area (Å²) < 4.78 is 7.78. The molecule has 8 nitrogen and oxygen atoms in total. The number of amides is 1. The maximum absolute atomic E-state index is 13.0. The predicted molar refractivity (Wildman–Crippen MR) is 112 cm³/mol. The third-order valence-electron chi connectivity index (χ3n) is 6.05. The number of aryl methyl sites for hydroxylation is 2. The first-order valence-corrected chi connectivity index (χ1v) is 10.6. The van der Waals surface area contributed by atoms with E-state index in [2.05, 4.69) is 38.2 Å². The molecule has 0 bridgehead atoms. The largest absolute Gasteiger partial charge is 0.366 e. The molecular weight excluding hydrogens is 380 g/mol. The highest BCUT2D eigenvalue weighted by atomic mass is 16.5. The maximum atomic E-state index is 13.0. The highest BCUT2D eigenvalue weighted by Gasteiger charge is 2.39. The van der Waals surface area contributed by atoms with Gasteiger partial charge in [0, 0.05) is 32.0 Å². The van der Waals surface area contributed by atoms with Crippen LogP contribution < -0.4 is 4.90 Å². The van der Waals surface area contributed by atoms with Gasteiger partial charge in [0.15, 0.2) is 5.65 Å². The summed E-state index contributed by atoms with van der Waals surface area (Å²) in [5.41, 5.74) is 3.18. The molecule has 0 spiro atoms. The van der Waals surface area contributed by atoms with Crippen LogP contribution in [0, 0.1) is 6.92 Å². The van der Waals surface area contributed by atoms with Crippen LogP contribution in [0.2, 0.25) is 0 Å². The second-order valence-electron chi connectivity index (χ2n) is 8.10. The average Bonchev–Trinajstić information content (AvgIpc) is 3.25. The van der Waals surface area contributed by atoms with Crippen LogP contribution in [0.15, 0.2) is 43.0 Å². The van der Waals surface area contributed by atoms with E-state index in [1.165, 1.54) is 0 Å². The maximum Gasteiger partial charge on any atom is 0.252 e. The normalized spacial score (nSPS) is 21.8. The number of nitrogens with zero attached hydrogens (tertiary/aromatic N) is 6. The predicted octanol–water partition coefficient (Wildman–Crippen LogP) is 1.87. The Morgan fingerprint density at radius 1 is 1.20 bits per heavy atom. The Morgan fingerprint density at radius 2 is 2.13 bits per heavy atom. The molecule has 2 fully saturated rings. The first-order chi connectivity index (χ1) is 14.7. The van der Waals surface area contributed by atoms with Crippen LogP contribution in [0.5, 0.6) is 0 Å². The van der Waals surface area contributed by atoms with Gasteiger partial charge in [0.2, 0.25) is 0 Å². The van der Waals surface area contributed by atoms with Crippen molar-refractivity contribution in [3.05, 3.63) is 54.1 Å². The summed E-state index contributed by atoms with van der Waals surface area (Å²) in [6.07, 6.45) is 7.46. The van der Waals surface area contributed by atoms with Crippen LogP contribution in [0.1, 0.15) is 24.0 Å². The molecule has 2 saturated heterocycles. The minimum atomic E-state index is -0.345. The van der Waals surface area contributed by atoms with Crippen molar-refractivity contribution >= 4 is 17.4 Å². The van der Waals surface area contributed by atoms with E-state index in [-0.39, 0.29) is 18.1 Å². The third-order valence-corrected chi connectivity index (χ3v) is 6.05. The van der Waals surface area contributed by atoms with Crippen molar-refractivity contribution in [2.75, 3.05) is 31.1 Å². The van der Waals surface area contributed by atoms with E-state index in [4.69, 9.17) is 4.74 Å². The molecule has 2 aliphatic rings. The Hall–Kier alpha value is -3.00. The fourth-order valence-corrected chi connectivity index (χ4v) is 4.41. The van der Waals surface area contributed by atoms with Crippen molar-refractivity contribution in [3.8, 4) is 0 Å². The van der Waals surface area contributed by atoms with Crippen molar-refractivity contribution in [1.29, 1.82) is 0 Å². The van der Waals surface area contributed by atoms with E-state index >= 15 is 0 Å². The number of carbonyl (C=O) groups excluding carboxylic acids is 1. The number of rotatable bonds is 5. The summed E-state index contributed by atoms with van der Waals surface area (Å²) in [5.74, 6) is 1.10. The number of fused-ring (bicyclic) bond motifs is 2. The highest BCUT2D eigenvalue weighted by molar-refractivity contribution is 5.82. The number of pyridine rings is 2. The molecule has 5 heterocycles. The third kappa shape index (κ3) is 3.63. The van der Waals surface area contributed by atoms with Gasteiger partial charge in [0.05, 0.1) is 12.6 Å². The molecule has 3 aromatic rings. The van der Waals surface area contributed by atoms with E-state index in [1.54, 1.807) is 10.8 Å². The number of aromatic nitrogens is 4.